The summed E-state index contributed by atoms with van der Waals surface area (Å²) in [5.74, 6) is -18.0. The molecule has 4 aromatic heterocycles. The molecule has 0 unspecified atom stereocenters. The molecule has 0 radical (unpaired) electrons. The standard InChI is InChI=1S/C26H28F16N14/c27-19(28)23(35,36)11-53-7-15(43-47-53)3-51(4-16-8-54(48-44-16)12-24(37,38)20(29)30)1-2-52(5-17-9-55(49-45-17)13-25(39,40)21(31)32)6-18-10-56(50-46-18)14-26(41,42)22(33)34/h7-10,19-22H,1-6,11-14H2. The van der Waals surface area contributed by atoms with E-state index in [1.807, 2.05) is 0 Å². The van der Waals surface area contributed by atoms with E-state index < -0.39 is 75.6 Å². The summed E-state index contributed by atoms with van der Waals surface area (Å²) in [4.78, 5) is 2.73. The molecule has 0 bridgehead atoms. The van der Waals surface area contributed by atoms with Crippen LogP contribution in [0.5, 0.6) is 0 Å². The Morgan fingerprint density at radius 1 is 0.393 bits per heavy atom. The Labute approximate surface area is 303 Å². The van der Waals surface area contributed by atoms with Gasteiger partial charge in [0.15, 0.2) is 0 Å². The Bertz CT molecular complexity index is 1550. The second-order valence-electron chi connectivity index (χ2n) is 12.3. The molecule has 0 spiro atoms. The van der Waals surface area contributed by atoms with E-state index in [-0.39, 0.29) is 62.0 Å². The van der Waals surface area contributed by atoms with E-state index in [4.69, 9.17) is 0 Å². The van der Waals surface area contributed by atoms with Gasteiger partial charge in [-0.05, 0) is 0 Å². The van der Waals surface area contributed by atoms with Crippen LogP contribution in [-0.2, 0) is 52.4 Å². The number of aromatic nitrogens is 12. The largest absolute Gasteiger partial charge is 0.326 e. The van der Waals surface area contributed by atoms with E-state index in [9.17, 15) is 70.2 Å². The molecular weight excluding hydrogens is 812 g/mol. The van der Waals surface area contributed by atoms with Gasteiger partial charge in [0.25, 0.3) is 0 Å². The van der Waals surface area contributed by atoms with Crippen LogP contribution >= 0.6 is 0 Å². The zero-order valence-corrected chi connectivity index (χ0v) is 28.0. The Morgan fingerprint density at radius 2 is 0.589 bits per heavy atom. The number of hydrogen-bond donors (Lipinski definition) is 0. The zero-order chi connectivity index (χ0) is 41.6. The van der Waals surface area contributed by atoms with Crippen molar-refractivity contribution in [3.8, 4) is 0 Å². The topological polar surface area (TPSA) is 129 Å². The molecule has 56 heavy (non-hydrogen) atoms. The van der Waals surface area contributed by atoms with Crippen LogP contribution in [0, 0.1) is 0 Å². The first kappa shape index (κ1) is 44.1. The fourth-order valence-corrected chi connectivity index (χ4v) is 4.72. The van der Waals surface area contributed by atoms with Crippen molar-refractivity contribution in [1.82, 2.24) is 69.8 Å². The lowest BCUT2D eigenvalue weighted by molar-refractivity contribution is -0.139. The summed E-state index contributed by atoms with van der Waals surface area (Å²) >= 11 is 0. The number of halogens is 16. The maximum absolute atomic E-state index is 13.6. The van der Waals surface area contributed by atoms with E-state index in [2.05, 4.69) is 41.2 Å². The van der Waals surface area contributed by atoms with Crippen LogP contribution in [-0.4, -0.2) is 132 Å². The van der Waals surface area contributed by atoms with E-state index in [1.165, 1.54) is 9.80 Å². The Hall–Kier alpha value is -4.64. The lowest BCUT2D eigenvalue weighted by atomic mass is 10.3. The number of nitrogens with zero attached hydrogens (tertiary/aromatic N) is 14. The predicted octanol–water partition coefficient (Wildman–Crippen LogP) is 4.36. The van der Waals surface area contributed by atoms with Gasteiger partial charge < -0.3 is 0 Å². The highest BCUT2D eigenvalue weighted by Crippen LogP contribution is 2.27. The predicted molar refractivity (Wildman–Crippen MR) is 152 cm³/mol. The van der Waals surface area contributed by atoms with E-state index in [1.54, 1.807) is 0 Å². The summed E-state index contributed by atoms with van der Waals surface area (Å²) in [6.45, 7) is -8.21. The minimum Gasteiger partial charge on any atom is -0.290 e. The molecule has 0 N–H and O–H groups in total. The SMILES string of the molecule is FC(F)C(F)(F)Cn1cc(CN(CCN(Cc2cn(CC(F)(F)C(F)F)nn2)Cc2cn(CC(F)(F)C(F)F)nn2)Cc2cn(CC(F)(F)C(F)F)nn2)nn1. The van der Waals surface area contributed by atoms with Gasteiger partial charge in [-0.1, -0.05) is 20.9 Å². The minimum atomic E-state index is -4.50. The van der Waals surface area contributed by atoms with Gasteiger partial charge in [0.1, 0.15) is 26.2 Å². The molecule has 0 atom stereocenters. The van der Waals surface area contributed by atoms with Gasteiger partial charge in [-0.15, -0.1) is 20.4 Å². The highest BCUT2D eigenvalue weighted by Gasteiger charge is 2.44. The average molecular weight is 841 g/mol. The van der Waals surface area contributed by atoms with Gasteiger partial charge in [-0.3, -0.25) is 9.80 Å². The van der Waals surface area contributed by atoms with Crippen molar-refractivity contribution in [2.24, 2.45) is 0 Å². The average Bonchev–Trinajstić information content (AvgIpc) is 3.89. The van der Waals surface area contributed by atoms with Crippen LogP contribution in [0.3, 0.4) is 0 Å². The Balaban J connectivity index is 1.58. The van der Waals surface area contributed by atoms with E-state index in [0.717, 1.165) is 24.8 Å². The van der Waals surface area contributed by atoms with Gasteiger partial charge in [0, 0.05) is 39.3 Å². The molecule has 0 aliphatic rings. The first-order chi connectivity index (χ1) is 25.9. The van der Waals surface area contributed by atoms with E-state index >= 15 is 0 Å². The van der Waals surface area contributed by atoms with Crippen molar-refractivity contribution in [3.05, 3.63) is 47.6 Å². The summed E-state index contributed by atoms with van der Waals surface area (Å²) < 4.78 is 213. The third kappa shape index (κ3) is 12.4. The molecule has 314 valence electrons. The molecule has 30 heteroatoms. The first-order valence-corrected chi connectivity index (χ1v) is 15.6. The van der Waals surface area contributed by atoms with E-state index in [0.29, 0.717) is 18.7 Å². The normalized spacial score (nSPS) is 13.6. The van der Waals surface area contributed by atoms with Gasteiger partial charge in [0.05, 0.1) is 47.6 Å². The van der Waals surface area contributed by atoms with Crippen LogP contribution in [0.15, 0.2) is 24.8 Å². The molecule has 14 nitrogen and oxygen atoms in total. The quantitative estimate of drug-likeness (QED) is 0.0995. The molecule has 4 rings (SSSR count). The molecule has 4 heterocycles. The van der Waals surface area contributed by atoms with Crippen molar-refractivity contribution < 1.29 is 70.2 Å². The fraction of sp³-hybridized carbons (Fsp3) is 0.692. The highest BCUT2D eigenvalue weighted by molar-refractivity contribution is 5.00. The Morgan fingerprint density at radius 3 is 0.768 bits per heavy atom. The van der Waals surface area contributed by atoms with Crippen LogP contribution in [0.4, 0.5) is 70.2 Å². The minimum absolute atomic E-state index is 0.121. The van der Waals surface area contributed by atoms with Crippen molar-refractivity contribution in [2.75, 3.05) is 13.1 Å². The first-order valence-electron chi connectivity index (χ1n) is 15.6. The molecule has 4 aromatic rings. The second kappa shape index (κ2) is 17.7. The Kier molecular flexibility index (Phi) is 13.9. The monoisotopic (exact) mass is 840 g/mol. The van der Waals surface area contributed by atoms with Gasteiger partial charge >= 0.3 is 49.4 Å². The molecule has 0 aromatic carbocycles. The van der Waals surface area contributed by atoms with Crippen molar-refractivity contribution >= 4 is 0 Å². The molecule has 0 fully saturated rings. The summed E-state index contributed by atoms with van der Waals surface area (Å²) in [5.41, 5.74) is -0.485. The van der Waals surface area contributed by atoms with Crippen molar-refractivity contribution in [2.45, 2.75) is 102 Å². The van der Waals surface area contributed by atoms with Crippen molar-refractivity contribution in [3.63, 3.8) is 0 Å². The maximum Gasteiger partial charge on any atom is 0.326 e. The van der Waals surface area contributed by atoms with Gasteiger partial charge in [-0.2, -0.15) is 35.1 Å². The zero-order valence-electron chi connectivity index (χ0n) is 28.0. The fourth-order valence-electron chi connectivity index (χ4n) is 4.72. The van der Waals surface area contributed by atoms with Crippen LogP contribution in [0.2, 0.25) is 0 Å². The lowest BCUT2D eigenvalue weighted by Gasteiger charge is -2.26. The van der Waals surface area contributed by atoms with Crippen LogP contribution < -0.4 is 0 Å². The smallest absolute Gasteiger partial charge is 0.290 e. The third-order valence-electron chi connectivity index (χ3n) is 7.39. The molecule has 0 amide bonds. The molecule has 0 saturated carbocycles. The summed E-state index contributed by atoms with van der Waals surface area (Å²) in [6, 6.07) is 0. The molecule has 0 aliphatic carbocycles. The van der Waals surface area contributed by atoms with Crippen LogP contribution in [0.25, 0.3) is 0 Å². The summed E-state index contributed by atoms with van der Waals surface area (Å²) in [5, 5.41) is 28.1. The highest BCUT2D eigenvalue weighted by atomic mass is 19.3. The lowest BCUT2D eigenvalue weighted by Crippen LogP contribution is -2.35. The van der Waals surface area contributed by atoms with Crippen LogP contribution in [0.1, 0.15) is 22.8 Å². The summed E-state index contributed by atoms with van der Waals surface area (Å²) in [7, 11) is 0. The van der Waals surface area contributed by atoms with Gasteiger partial charge in [-0.25, -0.2) is 53.9 Å². The number of alkyl halides is 16. The van der Waals surface area contributed by atoms with Crippen molar-refractivity contribution in [1.29, 1.82) is 0 Å². The van der Waals surface area contributed by atoms with Gasteiger partial charge in [0.2, 0.25) is 0 Å². The molecule has 0 saturated heterocycles. The number of rotatable bonds is 23. The second-order valence-corrected chi connectivity index (χ2v) is 12.3. The summed E-state index contributed by atoms with van der Waals surface area (Å²) in [6.07, 6.45) is -12.7. The number of hydrogen-bond acceptors (Lipinski definition) is 10. The maximum atomic E-state index is 13.6. The third-order valence-corrected chi connectivity index (χ3v) is 7.39. The molecular formula is C26H28F16N14. The molecule has 0 aliphatic heterocycles.